The molecule has 0 saturated carbocycles. The second-order valence-corrected chi connectivity index (χ2v) is 4.70. The highest BCUT2D eigenvalue weighted by molar-refractivity contribution is 5.64. The van der Waals surface area contributed by atoms with Gasteiger partial charge >= 0.3 is 0 Å². The smallest absolute Gasteiger partial charge is 0.0726 e. The van der Waals surface area contributed by atoms with Gasteiger partial charge in [0, 0.05) is 18.3 Å². The molecule has 0 aliphatic carbocycles. The van der Waals surface area contributed by atoms with Crippen LogP contribution in [0.3, 0.4) is 0 Å². The molecule has 1 atom stereocenters. The van der Waals surface area contributed by atoms with E-state index in [1.807, 2.05) is 18.3 Å². The van der Waals surface area contributed by atoms with E-state index >= 15 is 0 Å². The minimum Gasteiger partial charge on any atom is -0.376 e. The lowest BCUT2D eigenvalue weighted by Crippen LogP contribution is -2.07. The van der Waals surface area contributed by atoms with Crippen LogP contribution >= 0.6 is 0 Å². The summed E-state index contributed by atoms with van der Waals surface area (Å²) in [5, 5.41) is 3.60. The quantitative estimate of drug-likeness (QED) is 0.803. The molecule has 0 bridgehead atoms. The van der Waals surface area contributed by atoms with Gasteiger partial charge < -0.3 is 5.32 Å². The van der Waals surface area contributed by atoms with E-state index in [0.717, 1.165) is 12.1 Å². The number of nitrogens with one attached hydrogen (secondary N) is 1. The van der Waals surface area contributed by atoms with E-state index < -0.39 is 0 Å². The van der Waals surface area contributed by atoms with Crippen molar-refractivity contribution in [3.05, 3.63) is 58.9 Å². The SMILES string of the molecule is Cc1ccc2c(c1C)NC(c1ccccn1)C2. The standard InChI is InChI=1S/C15H16N2/c1-10-6-7-12-9-14(17-15(12)11(10)2)13-5-3-4-8-16-13/h3-8,14,17H,9H2,1-2H3. The molecule has 0 saturated heterocycles. The van der Waals surface area contributed by atoms with Gasteiger partial charge in [-0.3, -0.25) is 4.98 Å². The summed E-state index contributed by atoms with van der Waals surface area (Å²) >= 11 is 0. The highest BCUT2D eigenvalue weighted by Crippen LogP contribution is 2.36. The van der Waals surface area contributed by atoms with Gasteiger partial charge in [-0.25, -0.2) is 0 Å². The zero-order valence-corrected chi connectivity index (χ0v) is 10.2. The maximum atomic E-state index is 4.43. The Kier molecular flexibility index (Phi) is 2.36. The minimum atomic E-state index is 0.326. The van der Waals surface area contributed by atoms with Crippen LogP contribution in [0.4, 0.5) is 5.69 Å². The number of pyridine rings is 1. The molecule has 2 heterocycles. The van der Waals surface area contributed by atoms with Crippen molar-refractivity contribution in [1.29, 1.82) is 0 Å². The molecular formula is C15H16N2. The number of hydrogen-bond acceptors (Lipinski definition) is 2. The van der Waals surface area contributed by atoms with Gasteiger partial charge in [0.1, 0.15) is 0 Å². The number of aryl methyl sites for hydroxylation is 1. The van der Waals surface area contributed by atoms with Crippen LogP contribution in [0, 0.1) is 13.8 Å². The number of fused-ring (bicyclic) bond motifs is 1. The predicted molar refractivity (Wildman–Crippen MR) is 70.2 cm³/mol. The molecule has 0 fully saturated rings. The Morgan fingerprint density at radius 3 is 2.82 bits per heavy atom. The summed E-state index contributed by atoms with van der Waals surface area (Å²) in [5.74, 6) is 0. The highest BCUT2D eigenvalue weighted by Gasteiger charge is 2.24. The van der Waals surface area contributed by atoms with E-state index in [-0.39, 0.29) is 0 Å². The molecule has 86 valence electrons. The predicted octanol–water partition coefficient (Wildman–Crippen LogP) is 3.41. The normalized spacial score (nSPS) is 17.6. The van der Waals surface area contributed by atoms with Gasteiger partial charge in [-0.15, -0.1) is 0 Å². The molecule has 3 rings (SSSR count). The van der Waals surface area contributed by atoms with Crippen molar-refractivity contribution < 1.29 is 0 Å². The van der Waals surface area contributed by atoms with E-state index in [4.69, 9.17) is 0 Å². The van der Waals surface area contributed by atoms with Crippen molar-refractivity contribution in [1.82, 2.24) is 4.98 Å². The topological polar surface area (TPSA) is 24.9 Å². The van der Waals surface area contributed by atoms with Crippen LogP contribution in [-0.2, 0) is 6.42 Å². The number of anilines is 1. The van der Waals surface area contributed by atoms with Crippen molar-refractivity contribution in [3.8, 4) is 0 Å². The van der Waals surface area contributed by atoms with Crippen LogP contribution in [0.2, 0.25) is 0 Å². The molecule has 1 aromatic heterocycles. The molecule has 2 aromatic rings. The van der Waals surface area contributed by atoms with Crippen molar-refractivity contribution in [2.45, 2.75) is 26.3 Å². The van der Waals surface area contributed by atoms with Gasteiger partial charge in [-0.05, 0) is 42.7 Å². The fourth-order valence-electron chi connectivity index (χ4n) is 2.45. The summed E-state index contributed by atoms with van der Waals surface area (Å²) < 4.78 is 0. The Bertz CT molecular complexity index is 546. The van der Waals surface area contributed by atoms with Crippen molar-refractivity contribution in [3.63, 3.8) is 0 Å². The lowest BCUT2D eigenvalue weighted by atomic mass is 10.0. The van der Waals surface area contributed by atoms with Crippen LogP contribution in [-0.4, -0.2) is 4.98 Å². The summed E-state index contributed by atoms with van der Waals surface area (Å²) in [6, 6.07) is 10.9. The van der Waals surface area contributed by atoms with Crippen molar-refractivity contribution >= 4 is 5.69 Å². The molecule has 0 radical (unpaired) electrons. The van der Waals surface area contributed by atoms with Gasteiger partial charge in [0.15, 0.2) is 0 Å². The third-order valence-corrected chi connectivity index (χ3v) is 3.61. The van der Waals surface area contributed by atoms with E-state index in [9.17, 15) is 0 Å². The summed E-state index contributed by atoms with van der Waals surface area (Å²) in [6.45, 7) is 4.34. The van der Waals surface area contributed by atoms with E-state index in [1.54, 1.807) is 0 Å². The van der Waals surface area contributed by atoms with Crippen LogP contribution in [0.25, 0.3) is 0 Å². The average Bonchev–Trinajstić information content (AvgIpc) is 2.80. The first kappa shape index (κ1) is 10.3. The monoisotopic (exact) mass is 224 g/mol. The molecule has 1 aromatic carbocycles. The first-order valence-corrected chi connectivity index (χ1v) is 6.02. The molecule has 1 aliphatic heterocycles. The first-order valence-electron chi connectivity index (χ1n) is 6.02. The second kappa shape index (κ2) is 3.88. The maximum Gasteiger partial charge on any atom is 0.0726 e. The van der Waals surface area contributed by atoms with Gasteiger partial charge in [-0.1, -0.05) is 18.2 Å². The van der Waals surface area contributed by atoms with Crippen molar-refractivity contribution in [2.75, 3.05) is 5.32 Å². The largest absolute Gasteiger partial charge is 0.376 e. The summed E-state index contributed by atoms with van der Waals surface area (Å²) in [6.07, 6.45) is 2.89. The van der Waals surface area contributed by atoms with Crippen LogP contribution in [0.5, 0.6) is 0 Å². The van der Waals surface area contributed by atoms with Gasteiger partial charge in [-0.2, -0.15) is 0 Å². The Labute approximate surface area is 102 Å². The number of hydrogen-bond donors (Lipinski definition) is 1. The van der Waals surface area contributed by atoms with Crippen LogP contribution in [0.15, 0.2) is 36.5 Å². The lowest BCUT2D eigenvalue weighted by molar-refractivity contribution is 0.788. The Morgan fingerprint density at radius 2 is 2.06 bits per heavy atom. The summed E-state index contributed by atoms with van der Waals surface area (Å²) in [5.41, 5.74) is 6.55. The zero-order valence-electron chi connectivity index (χ0n) is 10.2. The second-order valence-electron chi connectivity index (χ2n) is 4.70. The Balaban J connectivity index is 1.96. The van der Waals surface area contributed by atoms with E-state index in [2.05, 4.69) is 42.3 Å². The minimum absolute atomic E-state index is 0.326. The van der Waals surface area contributed by atoms with Gasteiger partial charge in [0.2, 0.25) is 0 Å². The molecular weight excluding hydrogens is 208 g/mol. The third-order valence-electron chi connectivity index (χ3n) is 3.61. The number of benzene rings is 1. The Hall–Kier alpha value is -1.83. The highest BCUT2D eigenvalue weighted by atomic mass is 15.0. The number of rotatable bonds is 1. The zero-order chi connectivity index (χ0) is 11.8. The molecule has 1 N–H and O–H groups in total. The molecule has 17 heavy (non-hydrogen) atoms. The maximum absolute atomic E-state index is 4.43. The fraction of sp³-hybridized carbons (Fsp3) is 0.267. The van der Waals surface area contributed by atoms with Crippen LogP contribution < -0.4 is 5.32 Å². The molecule has 2 heteroatoms. The first-order chi connectivity index (χ1) is 8.25. The lowest BCUT2D eigenvalue weighted by Gasteiger charge is -2.11. The average molecular weight is 224 g/mol. The van der Waals surface area contributed by atoms with Gasteiger partial charge in [0.05, 0.1) is 11.7 Å². The Morgan fingerprint density at radius 1 is 1.18 bits per heavy atom. The van der Waals surface area contributed by atoms with E-state index in [0.29, 0.717) is 6.04 Å². The van der Waals surface area contributed by atoms with E-state index in [1.165, 1.54) is 22.4 Å². The molecule has 0 spiro atoms. The van der Waals surface area contributed by atoms with Crippen LogP contribution in [0.1, 0.15) is 28.4 Å². The van der Waals surface area contributed by atoms with Crippen molar-refractivity contribution in [2.24, 2.45) is 0 Å². The molecule has 2 nitrogen and oxygen atoms in total. The summed E-state index contributed by atoms with van der Waals surface area (Å²) in [7, 11) is 0. The number of aromatic nitrogens is 1. The third kappa shape index (κ3) is 1.70. The molecule has 1 unspecified atom stereocenters. The molecule has 1 aliphatic rings. The fourth-order valence-corrected chi connectivity index (χ4v) is 2.45. The number of nitrogens with zero attached hydrogens (tertiary/aromatic N) is 1. The van der Waals surface area contributed by atoms with Gasteiger partial charge in [0.25, 0.3) is 0 Å². The summed E-state index contributed by atoms with van der Waals surface area (Å²) in [4.78, 5) is 4.43. The molecule has 0 amide bonds.